The Morgan fingerprint density at radius 2 is 2.15 bits per heavy atom. The first-order chi connectivity index (χ1) is 6.40. The van der Waals surface area contributed by atoms with Crippen molar-refractivity contribution < 1.29 is 0 Å². The standard InChI is InChI=1S/C10H13ClN2/c11-8-9-7-10(3-4-12-9)13-5-1-2-6-13/h3-4,7H,1-2,5-6,8H2. The molecule has 0 radical (unpaired) electrons. The minimum Gasteiger partial charge on any atom is -0.371 e. The summed E-state index contributed by atoms with van der Waals surface area (Å²) >= 11 is 5.72. The molecule has 0 aromatic carbocycles. The predicted octanol–water partition coefficient (Wildman–Crippen LogP) is 2.42. The van der Waals surface area contributed by atoms with Crippen LogP contribution in [0, 0.1) is 0 Å². The Hall–Kier alpha value is -0.760. The van der Waals surface area contributed by atoms with Gasteiger partial charge in [0.15, 0.2) is 0 Å². The van der Waals surface area contributed by atoms with Crippen molar-refractivity contribution in [3.05, 3.63) is 24.0 Å². The van der Waals surface area contributed by atoms with E-state index in [-0.39, 0.29) is 0 Å². The molecule has 2 heterocycles. The Morgan fingerprint density at radius 3 is 2.85 bits per heavy atom. The lowest BCUT2D eigenvalue weighted by molar-refractivity contribution is 0.949. The third-order valence-electron chi connectivity index (χ3n) is 2.41. The lowest BCUT2D eigenvalue weighted by Gasteiger charge is -2.17. The average Bonchev–Trinajstić information content (AvgIpc) is 2.71. The number of pyridine rings is 1. The molecule has 0 amide bonds. The zero-order valence-electron chi connectivity index (χ0n) is 7.54. The number of alkyl halides is 1. The number of hydrogen-bond acceptors (Lipinski definition) is 2. The van der Waals surface area contributed by atoms with Crippen molar-refractivity contribution in [3.8, 4) is 0 Å². The van der Waals surface area contributed by atoms with Crippen LogP contribution < -0.4 is 4.90 Å². The average molecular weight is 197 g/mol. The van der Waals surface area contributed by atoms with E-state index < -0.39 is 0 Å². The molecule has 70 valence electrons. The third kappa shape index (κ3) is 1.94. The van der Waals surface area contributed by atoms with E-state index in [9.17, 15) is 0 Å². The predicted molar refractivity (Wildman–Crippen MR) is 55.2 cm³/mol. The molecule has 1 aromatic rings. The Bertz CT molecular complexity index is 282. The highest BCUT2D eigenvalue weighted by Crippen LogP contribution is 2.20. The fourth-order valence-electron chi connectivity index (χ4n) is 1.71. The van der Waals surface area contributed by atoms with E-state index in [1.807, 2.05) is 6.20 Å². The van der Waals surface area contributed by atoms with Crippen LogP contribution in [0.4, 0.5) is 5.69 Å². The fourth-order valence-corrected chi connectivity index (χ4v) is 1.86. The molecule has 0 saturated carbocycles. The number of rotatable bonds is 2. The molecule has 2 nitrogen and oxygen atoms in total. The molecule has 0 bridgehead atoms. The van der Waals surface area contributed by atoms with Crippen LogP contribution in [0.15, 0.2) is 18.3 Å². The molecule has 0 N–H and O–H groups in total. The lowest BCUT2D eigenvalue weighted by atomic mass is 10.3. The van der Waals surface area contributed by atoms with Gasteiger partial charge in [0, 0.05) is 25.0 Å². The molecule has 0 aliphatic carbocycles. The quantitative estimate of drug-likeness (QED) is 0.676. The van der Waals surface area contributed by atoms with Crippen LogP contribution in [0.5, 0.6) is 0 Å². The number of halogens is 1. The summed E-state index contributed by atoms with van der Waals surface area (Å²) in [5.74, 6) is 0.502. The van der Waals surface area contributed by atoms with Gasteiger partial charge >= 0.3 is 0 Å². The second-order valence-electron chi connectivity index (χ2n) is 3.33. The van der Waals surface area contributed by atoms with E-state index in [4.69, 9.17) is 11.6 Å². The summed E-state index contributed by atoms with van der Waals surface area (Å²) in [7, 11) is 0. The number of nitrogens with zero attached hydrogens (tertiary/aromatic N) is 2. The van der Waals surface area contributed by atoms with Gasteiger partial charge in [0.2, 0.25) is 0 Å². The molecule has 1 fully saturated rings. The number of aromatic nitrogens is 1. The van der Waals surface area contributed by atoms with Gasteiger partial charge in [-0.15, -0.1) is 11.6 Å². The molecule has 3 heteroatoms. The summed E-state index contributed by atoms with van der Waals surface area (Å²) in [6.07, 6.45) is 4.45. The van der Waals surface area contributed by atoms with Crippen molar-refractivity contribution in [1.29, 1.82) is 0 Å². The number of anilines is 1. The van der Waals surface area contributed by atoms with E-state index in [1.54, 1.807) is 0 Å². The summed E-state index contributed by atoms with van der Waals surface area (Å²) in [4.78, 5) is 6.56. The van der Waals surface area contributed by atoms with E-state index in [0.717, 1.165) is 5.69 Å². The van der Waals surface area contributed by atoms with Crippen LogP contribution >= 0.6 is 11.6 Å². The zero-order chi connectivity index (χ0) is 9.10. The van der Waals surface area contributed by atoms with Crippen molar-refractivity contribution in [1.82, 2.24) is 4.98 Å². The zero-order valence-corrected chi connectivity index (χ0v) is 8.30. The van der Waals surface area contributed by atoms with Crippen LogP contribution in [-0.4, -0.2) is 18.1 Å². The van der Waals surface area contributed by atoms with Gasteiger partial charge < -0.3 is 4.90 Å². The maximum absolute atomic E-state index is 5.72. The first-order valence-corrected chi connectivity index (χ1v) is 5.19. The van der Waals surface area contributed by atoms with Crippen LogP contribution in [0.2, 0.25) is 0 Å². The van der Waals surface area contributed by atoms with Gasteiger partial charge in [-0.3, -0.25) is 4.98 Å². The van der Waals surface area contributed by atoms with E-state index in [0.29, 0.717) is 5.88 Å². The van der Waals surface area contributed by atoms with Crippen LogP contribution in [0.1, 0.15) is 18.5 Å². The summed E-state index contributed by atoms with van der Waals surface area (Å²) < 4.78 is 0. The second-order valence-corrected chi connectivity index (χ2v) is 3.60. The van der Waals surface area contributed by atoms with Crippen LogP contribution in [-0.2, 0) is 5.88 Å². The van der Waals surface area contributed by atoms with Gasteiger partial charge in [-0.2, -0.15) is 0 Å². The normalized spacial score (nSPS) is 16.5. The summed E-state index contributed by atoms with van der Waals surface area (Å²) in [6, 6.07) is 4.14. The van der Waals surface area contributed by atoms with E-state index in [1.165, 1.54) is 31.6 Å². The van der Waals surface area contributed by atoms with Gasteiger partial charge in [-0.05, 0) is 25.0 Å². The van der Waals surface area contributed by atoms with Crippen molar-refractivity contribution in [2.45, 2.75) is 18.7 Å². The second kappa shape index (κ2) is 3.97. The van der Waals surface area contributed by atoms with Gasteiger partial charge in [-0.1, -0.05) is 0 Å². The molecular formula is C10H13ClN2. The highest BCUT2D eigenvalue weighted by Gasteiger charge is 2.12. The van der Waals surface area contributed by atoms with Crippen LogP contribution in [0.3, 0.4) is 0 Å². The molecule has 0 atom stereocenters. The highest BCUT2D eigenvalue weighted by molar-refractivity contribution is 6.16. The third-order valence-corrected chi connectivity index (χ3v) is 2.68. The first kappa shape index (κ1) is 8.82. The Labute approximate surface area is 83.5 Å². The van der Waals surface area contributed by atoms with Crippen molar-refractivity contribution in [2.24, 2.45) is 0 Å². The van der Waals surface area contributed by atoms with Gasteiger partial charge in [0.05, 0.1) is 11.6 Å². The Morgan fingerprint density at radius 1 is 1.38 bits per heavy atom. The molecule has 1 aliphatic heterocycles. The Kier molecular flexibility index (Phi) is 2.69. The fraction of sp³-hybridized carbons (Fsp3) is 0.500. The SMILES string of the molecule is ClCc1cc(N2CCCC2)ccn1. The molecule has 0 spiro atoms. The summed E-state index contributed by atoms with van der Waals surface area (Å²) in [5.41, 5.74) is 2.23. The largest absolute Gasteiger partial charge is 0.371 e. The van der Waals surface area contributed by atoms with Gasteiger partial charge in [0.1, 0.15) is 0 Å². The molecule has 2 rings (SSSR count). The topological polar surface area (TPSA) is 16.1 Å². The molecular weight excluding hydrogens is 184 g/mol. The lowest BCUT2D eigenvalue weighted by Crippen LogP contribution is -2.17. The van der Waals surface area contributed by atoms with Gasteiger partial charge in [-0.25, -0.2) is 0 Å². The van der Waals surface area contributed by atoms with Crippen LogP contribution in [0.25, 0.3) is 0 Å². The summed E-state index contributed by atoms with van der Waals surface area (Å²) in [5, 5.41) is 0. The molecule has 1 aliphatic rings. The van der Waals surface area contributed by atoms with E-state index >= 15 is 0 Å². The summed E-state index contributed by atoms with van der Waals surface area (Å²) in [6.45, 7) is 2.34. The molecule has 0 unspecified atom stereocenters. The maximum atomic E-state index is 5.72. The smallest absolute Gasteiger partial charge is 0.0648 e. The van der Waals surface area contributed by atoms with E-state index in [2.05, 4.69) is 22.0 Å². The number of hydrogen-bond donors (Lipinski definition) is 0. The first-order valence-electron chi connectivity index (χ1n) is 4.66. The molecule has 1 aromatic heterocycles. The maximum Gasteiger partial charge on any atom is 0.0648 e. The highest BCUT2D eigenvalue weighted by atomic mass is 35.5. The molecule has 1 saturated heterocycles. The minimum atomic E-state index is 0.502. The van der Waals surface area contributed by atoms with Crippen molar-refractivity contribution in [3.63, 3.8) is 0 Å². The van der Waals surface area contributed by atoms with Crippen molar-refractivity contribution in [2.75, 3.05) is 18.0 Å². The monoisotopic (exact) mass is 196 g/mol. The molecule has 13 heavy (non-hydrogen) atoms. The van der Waals surface area contributed by atoms with Crippen molar-refractivity contribution >= 4 is 17.3 Å². The Balaban J connectivity index is 2.18. The minimum absolute atomic E-state index is 0.502. The van der Waals surface area contributed by atoms with Gasteiger partial charge in [0.25, 0.3) is 0 Å².